The first kappa shape index (κ1) is 51.3. The maximum Gasteiger partial charge on any atom is 0.306 e. The third-order valence-electron chi connectivity index (χ3n) is 9.21. The molecule has 0 rings (SSSR count). The van der Waals surface area contributed by atoms with Gasteiger partial charge < -0.3 is 14.2 Å². The number of ether oxygens (including phenoxy) is 3. The predicted octanol–water partition coefficient (Wildman–Crippen LogP) is 14.8. The van der Waals surface area contributed by atoms with Gasteiger partial charge in [0.25, 0.3) is 0 Å². The van der Waals surface area contributed by atoms with E-state index in [-0.39, 0.29) is 25.2 Å². The molecule has 0 aromatic heterocycles. The van der Waals surface area contributed by atoms with E-state index in [1.165, 1.54) is 70.6 Å². The molecular weight excluding hydrogens is 669 g/mol. The summed E-state index contributed by atoms with van der Waals surface area (Å²) in [6.07, 6.45) is 56.1. The topological polar surface area (TPSA) is 61.8 Å². The summed E-state index contributed by atoms with van der Waals surface area (Å²) in [5, 5.41) is 0. The third-order valence-corrected chi connectivity index (χ3v) is 9.21. The van der Waals surface area contributed by atoms with E-state index in [1.807, 2.05) is 0 Å². The minimum absolute atomic E-state index is 0.0569. The highest BCUT2D eigenvalue weighted by Crippen LogP contribution is 2.12. The van der Waals surface area contributed by atoms with Crippen LogP contribution in [0.3, 0.4) is 0 Å². The molecule has 1 unspecified atom stereocenters. The van der Waals surface area contributed by atoms with Gasteiger partial charge in [0, 0.05) is 19.4 Å². The Morgan fingerprint density at radius 1 is 0.426 bits per heavy atom. The summed E-state index contributed by atoms with van der Waals surface area (Å²) in [4.78, 5) is 25.2. The smallest absolute Gasteiger partial charge is 0.306 e. The van der Waals surface area contributed by atoms with Crippen LogP contribution in [0.25, 0.3) is 0 Å². The fourth-order valence-electron chi connectivity index (χ4n) is 5.89. The van der Waals surface area contributed by atoms with Crippen molar-refractivity contribution >= 4 is 11.9 Å². The Bertz CT molecular complexity index is 988. The van der Waals surface area contributed by atoms with Crippen LogP contribution in [0.15, 0.2) is 72.9 Å². The maximum atomic E-state index is 12.7. The fourth-order valence-corrected chi connectivity index (χ4v) is 5.89. The Labute approximate surface area is 334 Å². The van der Waals surface area contributed by atoms with Gasteiger partial charge in [-0.05, 0) is 83.5 Å². The molecule has 0 saturated carbocycles. The second kappa shape index (κ2) is 44.7. The molecule has 0 N–H and O–H groups in total. The van der Waals surface area contributed by atoms with E-state index in [0.717, 1.165) is 96.3 Å². The van der Waals surface area contributed by atoms with Gasteiger partial charge in [0.2, 0.25) is 0 Å². The lowest BCUT2D eigenvalue weighted by atomic mass is 10.1. The number of carbonyl (C=O) groups is 2. The van der Waals surface area contributed by atoms with Crippen LogP contribution in [-0.2, 0) is 23.8 Å². The van der Waals surface area contributed by atoms with E-state index >= 15 is 0 Å². The molecule has 1 atom stereocenters. The molecule has 0 aromatic carbocycles. The first-order valence-electron chi connectivity index (χ1n) is 22.5. The van der Waals surface area contributed by atoms with Gasteiger partial charge in [0.05, 0.1) is 6.61 Å². The van der Waals surface area contributed by atoms with Crippen molar-refractivity contribution in [3.05, 3.63) is 72.9 Å². The molecule has 54 heavy (non-hydrogen) atoms. The quantitative estimate of drug-likeness (QED) is 0.0354. The monoisotopic (exact) mass is 753 g/mol. The summed E-state index contributed by atoms with van der Waals surface area (Å²) in [5.74, 6) is -0.464. The van der Waals surface area contributed by atoms with Gasteiger partial charge in [0.1, 0.15) is 6.61 Å². The Hall–Kier alpha value is -2.66. The summed E-state index contributed by atoms with van der Waals surface area (Å²) >= 11 is 0. The molecule has 0 aliphatic heterocycles. The van der Waals surface area contributed by atoms with Gasteiger partial charge >= 0.3 is 11.9 Å². The van der Waals surface area contributed by atoms with Crippen LogP contribution < -0.4 is 0 Å². The third kappa shape index (κ3) is 42.1. The minimum atomic E-state index is -0.558. The number of hydrogen-bond acceptors (Lipinski definition) is 5. The lowest BCUT2D eigenvalue weighted by Gasteiger charge is -2.18. The fraction of sp³-hybridized carbons (Fsp3) is 0.714. The highest BCUT2D eigenvalue weighted by Gasteiger charge is 2.17. The van der Waals surface area contributed by atoms with Gasteiger partial charge in [-0.1, -0.05) is 177 Å². The number of unbranched alkanes of at least 4 members (excludes halogenated alkanes) is 17. The lowest BCUT2D eigenvalue weighted by molar-refractivity contribution is -0.163. The normalized spacial score (nSPS) is 12.9. The van der Waals surface area contributed by atoms with Crippen molar-refractivity contribution in [2.45, 2.75) is 207 Å². The Balaban J connectivity index is 4.34. The van der Waals surface area contributed by atoms with E-state index in [9.17, 15) is 9.59 Å². The van der Waals surface area contributed by atoms with Crippen molar-refractivity contribution in [3.8, 4) is 0 Å². The number of allylic oxidation sites excluding steroid dienone is 12. The molecule has 0 spiro atoms. The van der Waals surface area contributed by atoms with Crippen LogP contribution in [-0.4, -0.2) is 37.9 Å². The standard InChI is InChI=1S/C49H84O5/c1-4-7-10-13-16-19-22-24-25-27-28-30-33-36-39-42-48(50)53-46-47(45-52-44-41-38-35-32-21-18-15-12-9-6-3)54-49(51)43-40-37-34-31-29-26-23-20-17-14-11-8-5-2/h7,10-11,14,16,19-20,23-25,28,30,47H,4-6,8-9,12-13,15,17-18,21-22,26-27,29,31-46H2,1-3H3/b10-7-,14-11-,19-16-,23-20-,25-24-,30-28-. The molecule has 0 bridgehead atoms. The average molecular weight is 753 g/mol. The summed E-state index contributed by atoms with van der Waals surface area (Å²) in [7, 11) is 0. The Kier molecular flexibility index (Phi) is 42.5. The second-order valence-electron chi connectivity index (χ2n) is 14.6. The summed E-state index contributed by atoms with van der Waals surface area (Å²) in [6.45, 7) is 7.58. The molecular formula is C49H84O5. The molecule has 0 aliphatic carbocycles. The van der Waals surface area contributed by atoms with Gasteiger partial charge in [-0.3, -0.25) is 9.59 Å². The minimum Gasteiger partial charge on any atom is -0.462 e. The van der Waals surface area contributed by atoms with Gasteiger partial charge in [-0.15, -0.1) is 0 Å². The van der Waals surface area contributed by atoms with Crippen molar-refractivity contribution in [1.29, 1.82) is 0 Å². The highest BCUT2D eigenvalue weighted by atomic mass is 16.6. The Morgan fingerprint density at radius 2 is 0.870 bits per heavy atom. The summed E-state index contributed by atoms with van der Waals surface area (Å²) in [6, 6.07) is 0. The molecule has 5 nitrogen and oxygen atoms in total. The summed E-state index contributed by atoms with van der Waals surface area (Å²) in [5.41, 5.74) is 0. The van der Waals surface area contributed by atoms with Crippen molar-refractivity contribution in [1.82, 2.24) is 0 Å². The maximum absolute atomic E-state index is 12.7. The molecule has 0 aliphatic rings. The van der Waals surface area contributed by atoms with Crippen LogP contribution in [0.5, 0.6) is 0 Å². The number of esters is 2. The zero-order valence-electron chi connectivity index (χ0n) is 35.5. The van der Waals surface area contributed by atoms with E-state index in [1.54, 1.807) is 0 Å². The number of rotatable bonds is 40. The second-order valence-corrected chi connectivity index (χ2v) is 14.6. The van der Waals surface area contributed by atoms with Gasteiger partial charge in [-0.25, -0.2) is 0 Å². The van der Waals surface area contributed by atoms with E-state index < -0.39 is 6.10 Å². The largest absolute Gasteiger partial charge is 0.462 e. The van der Waals surface area contributed by atoms with E-state index in [2.05, 4.69) is 93.7 Å². The molecule has 0 amide bonds. The van der Waals surface area contributed by atoms with Crippen molar-refractivity contribution in [2.24, 2.45) is 0 Å². The molecule has 0 heterocycles. The van der Waals surface area contributed by atoms with E-state index in [4.69, 9.17) is 14.2 Å². The molecule has 0 aromatic rings. The van der Waals surface area contributed by atoms with Crippen LogP contribution >= 0.6 is 0 Å². The molecule has 0 saturated heterocycles. The van der Waals surface area contributed by atoms with Crippen LogP contribution in [0, 0.1) is 0 Å². The molecule has 310 valence electrons. The highest BCUT2D eigenvalue weighted by molar-refractivity contribution is 5.70. The lowest BCUT2D eigenvalue weighted by Crippen LogP contribution is -2.30. The first-order chi connectivity index (χ1) is 26.6. The zero-order chi connectivity index (χ0) is 39.3. The Morgan fingerprint density at radius 3 is 1.44 bits per heavy atom. The molecule has 5 heteroatoms. The molecule has 0 fully saturated rings. The molecule has 0 radical (unpaired) electrons. The predicted molar refractivity (Wildman–Crippen MR) is 233 cm³/mol. The van der Waals surface area contributed by atoms with Gasteiger partial charge in [0.15, 0.2) is 6.10 Å². The van der Waals surface area contributed by atoms with Crippen LogP contribution in [0.4, 0.5) is 0 Å². The van der Waals surface area contributed by atoms with E-state index in [0.29, 0.717) is 19.4 Å². The van der Waals surface area contributed by atoms with Crippen molar-refractivity contribution in [2.75, 3.05) is 19.8 Å². The van der Waals surface area contributed by atoms with Crippen LogP contribution in [0.2, 0.25) is 0 Å². The number of carbonyl (C=O) groups excluding carboxylic acids is 2. The van der Waals surface area contributed by atoms with Crippen molar-refractivity contribution < 1.29 is 23.8 Å². The summed E-state index contributed by atoms with van der Waals surface area (Å²) < 4.78 is 17.2. The zero-order valence-corrected chi connectivity index (χ0v) is 35.5. The van der Waals surface area contributed by atoms with Crippen molar-refractivity contribution in [3.63, 3.8) is 0 Å². The first-order valence-corrected chi connectivity index (χ1v) is 22.5. The average Bonchev–Trinajstić information content (AvgIpc) is 3.17. The van der Waals surface area contributed by atoms with Gasteiger partial charge in [-0.2, -0.15) is 0 Å². The van der Waals surface area contributed by atoms with Crippen LogP contribution in [0.1, 0.15) is 201 Å². The SMILES string of the molecule is CC/C=C\C/C=C\C/C=C\C/C=C\CCCCC(=O)OCC(COCCCCCCCCCCCC)OC(=O)CCCCCCC/C=C\C/C=C\CCC. The number of hydrogen-bond donors (Lipinski definition) is 0.